The molecule has 2 aromatic rings. The van der Waals surface area contributed by atoms with Crippen LogP contribution in [0.2, 0.25) is 0 Å². The summed E-state index contributed by atoms with van der Waals surface area (Å²) in [7, 11) is 0. The largest absolute Gasteiger partial charge is 0.355 e. The molecule has 0 aliphatic heterocycles. The number of thioether (sulfide) groups is 1. The predicted octanol–water partition coefficient (Wildman–Crippen LogP) is 3.77. The second-order valence-corrected chi connectivity index (χ2v) is 6.99. The molecule has 0 radical (unpaired) electrons. The van der Waals surface area contributed by atoms with E-state index in [0.717, 1.165) is 15.6 Å². The van der Waals surface area contributed by atoms with Crippen LogP contribution in [0.1, 0.15) is 29.1 Å². The van der Waals surface area contributed by atoms with Gasteiger partial charge in [0.15, 0.2) is 0 Å². The smallest absolute Gasteiger partial charge is 0.230 e. The van der Waals surface area contributed by atoms with E-state index >= 15 is 0 Å². The Hall–Kier alpha value is -1.33. The minimum Gasteiger partial charge on any atom is -0.355 e. The van der Waals surface area contributed by atoms with Crippen LogP contribution in [0, 0.1) is 13.8 Å². The molecule has 0 saturated heterocycles. The monoisotopic (exact) mass is 320 g/mol. The van der Waals surface area contributed by atoms with Crippen molar-refractivity contribution in [3.8, 4) is 0 Å². The van der Waals surface area contributed by atoms with E-state index in [2.05, 4.69) is 30.2 Å². The zero-order valence-electron chi connectivity index (χ0n) is 12.6. The van der Waals surface area contributed by atoms with E-state index in [1.54, 1.807) is 23.1 Å². The fourth-order valence-electron chi connectivity index (χ4n) is 1.87. The van der Waals surface area contributed by atoms with Crippen molar-refractivity contribution in [1.29, 1.82) is 0 Å². The molecular formula is C16H20N2OS2. The molecule has 1 aromatic heterocycles. The van der Waals surface area contributed by atoms with Crippen LogP contribution >= 0.6 is 23.1 Å². The number of rotatable bonds is 6. The minimum atomic E-state index is 0.0726. The Morgan fingerprint density at radius 3 is 2.81 bits per heavy atom. The topological polar surface area (TPSA) is 42.0 Å². The highest BCUT2D eigenvalue weighted by molar-refractivity contribution is 8.00. The van der Waals surface area contributed by atoms with Gasteiger partial charge in [-0.3, -0.25) is 4.79 Å². The molecule has 5 heteroatoms. The molecule has 1 aromatic carbocycles. The number of carbonyl (C=O) groups is 1. The first kappa shape index (κ1) is 16.0. The number of nitrogens with one attached hydrogen (secondary N) is 1. The second-order valence-electron chi connectivity index (χ2n) is 5.09. The molecule has 2 rings (SSSR count). The van der Waals surface area contributed by atoms with Gasteiger partial charge in [0.05, 0.1) is 10.8 Å². The van der Waals surface area contributed by atoms with Gasteiger partial charge in [0.1, 0.15) is 0 Å². The van der Waals surface area contributed by atoms with Gasteiger partial charge in [-0.2, -0.15) is 0 Å². The summed E-state index contributed by atoms with van der Waals surface area (Å²) in [6, 6.07) is 8.12. The van der Waals surface area contributed by atoms with Crippen molar-refractivity contribution in [3.05, 3.63) is 45.9 Å². The molecule has 1 heterocycles. The molecule has 1 amide bonds. The average Bonchev–Trinajstić information content (AvgIpc) is 2.90. The standard InChI is InChI=1S/C16H20N2OS2/c1-11-6-4-5-7-14(11)20-10-15(19)17-8-12(2)16-18-13(3)9-21-16/h4-7,9,12H,8,10H2,1-3H3,(H,17,19)/t12-/m0/s1. The van der Waals surface area contributed by atoms with Crippen LogP contribution in [0.4, 0.5) is 0 Å². The SMILES string of the molecule is Cc1csc([C@@H](C)CNC(=O)CSc2ccccc2C)n1. The normalized spacial score (nSPS) is 12.1. The van der Waals surface area contributed by atoms with E-state index in [1.807, 2.05) is 30.5 Å². The third-order valence-electron chi connectivity index (χ3n) is 3.12. The van der Waals surface area contributed by atoms with E-state index in [1.165, 1.54) is 5.56 Å². The maximum Gasteiger partial charge on any atom is 0.230 e. The van der Waals surface area contributed by atoms with Crippen LogP contribution in [-0.4, -0.2) is 23.2 Å². The van der Waals surface area contributed by atoms with E-state index in [4.69, 9.17) is 0 Å². The molecule has 0 bridgehead atoms. The van der Waals surface area contributed by atoms with E-state index in [0.29, 0.717) is 12.3 Å². The van der Waals surface area contributed by atoms with Crippen LogP contribution in [0.3, 0.4) is 0 Å². The number of amides is 1. The van der Waals surface area contributed by atoms with Crippen molar-refractivity contribution in [3.63, 3.8) is 0 Å². The lowest BCUT2D eigenvalue weighted by Gasteiger charge is -2.10. The molecule has 0 aliphatic carbocycles. The third kappa shape index (κ3) is 4.86. The highest BCUT2D eigenvalue weighted by Crippen LogP contribution is 2.22. The van der Waals surface area contributed by atoms with Gasteiger partial charge in [-0.15, -0.1) is 23.1 Å². The number of aryl methyl sites for hydroxylation is 2. The summed E-state index contributed by atoms with van der Waals surface area (Å²) >= 11 is 3.24. The summed E-state index contributed by atoms with van der Waals surface area (Å²) < 4.78 is 0. The van der Waals surface area contributed by atoms with Gasteiger partial charge in [0, 0.05) is 28.4 Å². The molecule has 0 saturated carbocycles. The number of hydrogen-bond donors (Lipinski definition) is 1. The predicted molar refractivity (Wildman–Crippen MR) is 90.2 cm³/mol. The van der Waals surface area contributed by atoms with E-state index in [9.17, 15) is 4.79 Å². The molecule has 0 unspecified atom stereocenters. The number of aromatic nitrogens is 1. The number of benzene rings is 1. The highest BCUT2D eigenvalue weighted by atomic mass is 32.2. The van der Waals surface area contributed by atoms with Crippen LogP contribution in [0.5, 0.6) is 0 Å². The number of nitrogens with zero attached hydrogens (tertiary/aromatic N) is 1. The number of thiazole rings is 1. The van der Waals surface area contributed by atoms with Crippen LogP contribution in [-0.2, 0) is 4.79 Å². The maximum absolute atomic E-state index is 11.9. The van der Waals surface area contributed by atoms with Crippen LogP contribution < -0.4 is 5.32 Å². The van der Waals surface area contributed by atoms with Crippen LogP contribution in [0.15, 0.2) is 34.5 Å². The molecule has 21 heavy (non-hydrogen) atoms. The maximum atomic E-state index is 11.9. The molecule has 3 nitrogen and oxygen atoms in total. The first-order chi connectivity index (χ1) is 10.1. The summed E-state index contributed by atoms with van der Waals surface area (Å²) in [5.74, 6) is 0.786. The fraction of sp³-hybridized carbons (Fsp3) is 0.375. The summed E-state index contributed by atoms with van der Waals surface area (Å²) in [5, 5.41) is 6.11. The Balaban J connectivity index is 1.76. The molecule has 0 fully saturated rings. The molecular weight excluding hydrogens is 300 g/mol. The summed E-state index contributed by atoms with van der Waals surface area (Å²) in [5.41, 5.74) is 2.25. The Bertz CT molecular complexity index is 610. The lowest BCUT2D eigenvalue weighted by Crippen LogP contribution is -2.28. The van der Waals surface area contributed by atoms with Crippen LogP contribution in [0.25, 0.3) is 0 Å². The van der Waals surface area contributed by atoms with Gasteiger partial charge in [0.2, 0.25) is 5.91 Å². The average molecular weight is 320 g/mol. The zero-order valence-corrected chi connectivity index (χ0v) is 14.2. The van der Waals surface area contributed by atoms with Crippen molar-refractivity contribution in [2.75, 3.05) is 12.3 Å². The molecule has 0 aliphatic rings. The molecule has 1 atom stereocenters. The molecule has 1 N–H and O–H groups in total. The summed E-state index contributed by atoms with van der Waals surface area (Å²) in [4.78, 5) is 17.5. The van der Waals surface area contributed by atoms with Gasteiger partial charge in [-0.1, -0.05) is 25.1 Å². The Morgan fingerprint density at radius 2 is 2.14 bits per heavy atom. The lowest BCUT2D eigenvalue weighted by atomic mass is 10.2. The zero-order chi connectivity index (χ0) is 15.2. The lowest BCUT2D eigenvalue weighted by molar-refractivity contribution is -0.118. The van der Waals surface area contributed by atoms with Gasteiger partial charge in [0.25, 0.3) is 0 Å². The summed E-state index contributed by atoms with van der Waals surface area (Å²) in [6.45, 7) is 6.78. The Kier molecular flexibility index (Phi) is 5.82. The first-order valence-electron chi connectivity index (χ1n) is 6.93. The van der Waals surface area contributed by atoms with E-state index in [-0.39, 0.29) is 11.8 Å². The second kappa shape index (κ2) is 7.61. The van der Waals surface area contributed by atoms with Crippen molar-refractivity contribution >= 4 is 29.0 Å². The Labute approximate surface area is 134 Å². The molecule has 112 valence electrons. The van der Waals surface area contributed by atoms with Crippen molar-refractivity contribution in [1.82, 2.24) is 10.3 Å². The van der Waals surface area contributed by atoms with Gasteiger partial charge < -0.3 is 5.32 Å². The quantitative estimate of drug-likeness (QED) is 0.824. The number of hydrogen-bond acceptors (Lipinski definition) is 4. The van der Waals surface area contributed by atoms with Gasteiger partial charge in [-0.25, -0.2) is 4.98 Å². The first-order valence-corrected chi connectivity index (χ1v) is 8.80. The fourth-order valence-corrected chi connectivity index (χ4v) is 3.58. The van der Waals surface area contributed by atoms with Crippen molar-refractivity contribution in [2.24, 2.45) is 0 Å². The van der Waals surface area contributed by atoms with E-state index < -0.39 is 0 Å². The minimum absolute atomic E-state index is 0.0726. The van der Waals surface area contributed by atoms with Gasteiger partial charge in [-0.05, 0) is 25.5 Å². The van der Waals surface area contributed by atoms with Crippen molar-refractivity contribution < 1.29 is 4.79 Å². The van der Waals surface area contributed by atoms with Gasteiger partial charge >= 0.3 is 0 Å². The number of carbonyl (C=O) groups excluding carboxylic acids is 1. The Morgan fingerprint density at radius 1 is 1.38 bits per heavy atom. The molecule has 0 spiro atoms. The summed E-state index contributed by atoms with van der Waals surface area (Å²) in [6.07, 6.45) is 0. The van der Waals surface area contributed by atoms with Crippen molar-refractivity contribution in [2.45, 2.75) is 31.6 Å². The highest BCUT2D eigenvalue weighted by Gasteiger charge is 2.11. The third-order valence-corrected chi connectivity index (χ3v) is 5.49.